The number of hydrogen-bond acceptors (Lipinski definition) is 3. The molecule has 2 N–H and O–H groups in total. The average molecular weight is 248 g/mol. The number of nitrogen functional groups attached to an aromatic ring is 1. The van der Waals surface area contributed by atoms with Crippen LogP contribution in [0, 0.1) is 0 Å². The summed E-state index contributed by atoms with van der Waals surface area (Å²) in [4.78, 5) is 13.8. The lowest BCUT2D eigenvalue weighted by Gasteiger charge is -2.24. The van der Waals surface area contributed by atoms with Crippen LogP contribution < -0.4 is 10.5 Å². The van der Waals surface area contributed by atoms with Gasteiger partial charge >= 0.3 is 0 Å². The predicted octanol–water partition coefficient (Wildman–Crippen LogP) is 2.05. The molecule has 0 radical (unpaired) electrons. The summed E-state index contributed by atoms with van der Waals surface area (Å²) in [5.74, 6) is 0.719. The normalized spacial score (nSPS) is 15.6. The summed E-state index contributed by atoms with van der Waals surface area (Å²) < 4.78 is 5.46. The van der Waals surface area contributed by atoms with Gasteiger partial charge in [-0.15, -0.1) is 0 Å². The minimum atomic E-state index is 0.0405. The van der Waals surface area contributed by atoms with Gasteiger partial charge in [-0.3, -0.25) is 4.79 Å². The summed E-state index contributed by atoms with van der Waals surface area (Å²) in [6.07, 6.45) is 4.68. The fraction of sp³-hybridized carbons (Fsp3) is 0.500. The molecule has 1 aliphatic carbocycles. The van der Waals surface area contributed by atoms with E-state index in [0.29, 0.717) is 17.5 Å². The molecule has 0 heterocycles. The molecule has 98 valence electrons. The Morgan fingerprint density at radius 3 is 2.56 bits per heavy atom. The van der Waals surface area contributed by atoms with E-state index in [9.17, 15) is 4.79 Å². The first-order chi connectivity index (χ1) is 8.66. The van der Waals surface area contributed by atoms with E-state index < -0.39 is 0 Å². The molecule has 0 spiro atoms. The molecule has 1 amide bonds. The smallest absolute Gasteiger partial charge is 0.260 e. The van der Waals surface area contributed by atoms with Gasteiger partial charge in [0.15, 0.2) is 6.61 Å². The Labute approximate surface area is 108 Å². The molecule has 2 rings (SSSR count). The monoisotopic (exact) mass is 248 g/mol. The molecule has 0 aromatic heterocycles. The first kappa shape index (κ1) is 12.7. The van der Waals surface area contributed by atoms with Gasteiger partial charge in [0.1, 0.15) is 5.75 Å². The third kappa shape index (κ3) is 3.15. The van der Waals surface area contributed by atoms with E-state index in [4.69, 9.17) is 10.5 Å². The van der Waals surface area contributed by atoms with Crippen molar-refractivity contribution in [1.82, 2.24) is 4.90 Å². The summed E-state index contributed by atoms with van der Waals surface area (Å²) in [7, 11) is 1.87. The van der Waals surface area contributed by atoms with E-state index in [2.05, 4.69) is 0 Å². The summed E-state index contributed by atoms with van der Waals surface area (Å²) in [6.45, 7) is 0.0942. The third-order valence-corrected chi connectivity index (χ3v) is 3.51. The van der Waals surface area contributed by atoms with Gasteiger partial charge in [-0.1, -0.05) is 12.8 Å². The number of anilines is 1. The molecule has 0 atom stereocenters. The number of nitrogens with two attached hydrogens (primary N) is 1. The van der Waals surface area contributed by atoms with Gasteiger partial charge in [0, 0.05) is 18.8 Å². The molecule has 1 aromatic carbocycles. The molecule has 4 heteroatoms. The lowest BCUT2D eigenvalue weighted by atomic mass is 10.2. The predicted molar refractivity (Wildman–Crippen MR) is 71.4 cm³/mol. The first-order valence-corrected chi connectivity index (χ1v) is 6.41. The van der Waals surface area contributed by atoms with Crippen molar-refractivity contribution in [3.05, 3.63) is 24.3 Å². The Balaban J connectivity index is 1.82. The second-order valence-electron chi connectivity index (χ2n) is 4.80. The molecule has 1 aliphatic rings. The zero-order valence-corrected chi connectivity index (χ0v) is 10.8. The van der Waals surface area contributed by atoms with Crippen LogP contribution in [0.3, 0.4) is 0 Å². The van der Waals surface area contributed by atoms with Crippen LogP contribution in [-0.2, 0) is 4.79 Å². The Morgan fingerprint density at radius 2 is 1.94 bits per heavy atom. The number of carbonyl (C=O) groups excluding carboxylic acids is 1. The van der Waals surface area contributed by atoms with E-state index in [1.165, 1.54) is 12.8 Å². The highest BCUT2D eigenvalue weighted by molar-refractivity contribution is 5.77. The van der Waals surface area contributed by atoms with Crippen LogP contribution in [0.15, 0.2) is 24.3 Å². The molecular formula is C14H20N2O2. The van der Waals surface area contributed by atoms with Crippen molar-refractivity contribution in [1.29, 1.82) is 0 Å². The zero-order valence-electron chi connectivity index (χ0n) is 10.8. The highest BCUT2D eigenvalue weighted by atomic mass is 16.5. The highest BCUT2D eigenvalue weighted by Gasteiger charge is 2.23. The number of benzene rings is 1. The van der Waals surface area contributed by atoms with Crippen LogP contribution in [0.5, 0.6) is 5.75 Å². The SMILES string of the molecule is CN(C(=O)COc1ccc(N)cc1)C1CCCC1. The zero-order chi connectivity index (χ0) is 13.0. The van der Waals surface area contributed by atoms with Crippen molar-refractivity contribution in [3.8, 4) is 5.75 Å². The number of rotatable bonds is 4. The molecule has 1 aromatic rings. The summed E-state index contributed by atoms with van der Waals surface area (Å²) >= 11 is 0. The van der Waals surface area contributed by atoms with Gasteiger partial charge < -0.3 is 15.4 Å². The van der Waals surface area contributed by atoms with Crippen molar-refractivity contribution >= 4 is 11.6 Å². The van der Waals surface area contributed by atoms with Gasteiger partial charge in [-0.25, -0.2) is 0 Å². The van der Waals surface area contributed by atoms with Gasteiger partial charge in [0.25, 0.3) is 5.91 Å². The van der Waals surface area contributed by atoms with Gasteiger partial charge in [-0.2, -0.15) is 0 Å². The Hall–Kier alpha value is -1.71. The standard InChI is InChI=1S/C14H20N2O2/c1-16(12-4-2-3-5-12)14(17)10-18-13-8-6-11(15)7-9-13/h6-9,12H,2-5,10,15H2,1H3. The van der Waals surface area contributed by atoms with Crippen LogP contribution >= 0.6 is 0 Å². The van der Waals surface area contributed by atoms with E-state index in [0.717, 1.165) is 12.8 Å². The second-order valence-corrected chi connectivity index (χ2v) is 4.80. The van der Waals surface area contributed by atoms with Gasteiger partial charge in [-0.05, 0) is 37.1 Å². The van der Waals surface area contributed by atoms with Crippen LogP contribution in [0.1, 0.15) is 25.7 Å². The maximum atomic E-state index is 11.9. The third-order valence-electron chi connectivity index (χ3n) is 3.51. The molecule has 0 unspecified atom stereocenters. The van der Waals surface area contributed by atoms with Crippen molar-refractivity contribution in [3.63, 3.8) is 0 Å². The van der Waals surface area contributed by atoms with Crippen molar-refractivity contribution in [2.45, 2.75) is 31.7 Å². The molecule has 4 nitrogen and oxygen atoms in total. The first-order valence-electron chi connectivity index (χ1n) is 6.41. The van der Waals surface area contributed by atoms with E-state index in [-0.39, 0.29) is 12.5 Å². The average Bonchev–Trinajstić information content (AvgIpc) is 2.90. The Morgan fingerprint density at radius 1 is 1.33 bits per heavy atom. The maximum absolute atomic E-state index is 11.9. The summed E-state index contributed by atoms with van der Waals surface area (Å²) in [5.41, 5.74) is 6.27. The number of ether oxygens (including phenoxy) is 1. The summed E-state index contributed by atoms with van der Waals surface area (Å²) in [5, 5.41) is 0. The number of nitrogens with zero attached hydrogens (tertiary/aromatic N) is 1. The largest absolute Gasteiger partial charge is 0.484 e. The van der Waals surface area contributed by atoms with Crippen molar-refractivity contribution < 1.29 is 9.53 Å². The van der Waals surface area contributed by atoms with Gasteiger partial charge in [0.05, 0.1) is 0 Å². The molecule has 0 saturated heterocycles. The molecule has 0 bridgehead atoms. The quantitative estimate of drug-likeness (QED) is 0.830. The van der Waals surface area contributed by atoms with Crippen LogP contribution in [0.2, 0.25) is 0 Å². The minimum Gasteiger partial charge on any atom is -0.484 e. The van der Waals surface area contributed by atoms with Crippen LogP contribution in [0.4, 0.5) is 5.69 Å². The Kier molecular flexibility index (Phi) is 4.07. The van der Waals surface area contributed by atoms with Crippen molar-refractivity contribution in [2.75, 3.05) is 19.4 Å². The molecule has 1 saturated carbocycles. The molecular weight excluding hydrogens is 228 g/mol. The van der Waals surface area contributed by atoms with E-state index in [1.54, 1.807) is 24.3 Å². The lowest BCUT2D eigenvalue weighted by Crippen LogP contribution is -2.38. The number of carbonyl (C=O) groups is 1. The number of hydrogen-bond donors (Lipinski definition) is 1. The fourth-order valence-electron chi connectivity index (χ4n) is 2.31. The van der Waals surface area contributed by atoms with E-state index in [1.807, 2.05) is 11.9 Å². The lowest BCUT2D eigenvalue weighted by molar-refractivity contribution is -0.134. The van der Waals surface area contributed by atoms with Crippen LogP contribution in [-0.4, -0.2) is 30.5 Å². The number of amides is 1. The molecule has 1 fully saturated rings. The fourth-order valence-corrected chi connectivity index (χ4v) is 2.31. The summed E-state index contributed by atoms with van der Waals surface area (Å²) in [6, 6.07) is 7.48. The number of likely N-dealkylation sites (N-methyl/N-ethyl adjacent to an activating group) is 1. The molecule has 0 aliphatic heterocycles. The van der Waals surface area contributed by atoms with E-state index >= 15 is 0 Å². The van der Waals surface area contributed by atoms with Gasteiger partial charge in [0.2, 0.25) is 0 Å². The maximum Gasteiger partial charge on any atom is 0.260 e. The highest BCUT2D eigenvalue weighted by Crippen LogP contribution is 2.22. The topological polar surface area (TPSA) is 55.6 Å². The van der Waals surface area contributed by atoms with Crippen molar-refractivity contribution in [2.24, 2.45) is 0 Å². The Bertz CT molecular complexity index is 397. The second kappa shape index (κ2) is 5.76. The van der Waals surface area contributed by atoms with Crippen LogP contribution in [0.25, 0.3) is 0 Å². The minimum absolute atomic E-state index is 0.0405. The molecule has 18 heavy (non-hydrogen) atoms.